The van der Waals surface area contributed by atoms with Crippen molar-refractivity contribution in [3.63, 3.8) is 0 Å². The Labute approximate surface area is 114 Å². The number of nitrogens with two attached hydrogens (primary N) is 1. The summed E-state index contributed by atoms with van der Waals surface area (Å²) in [4.78, 5) is 2.03. The summed E-state index contributed by atoms with van der Waals surface area (Å²) in [6.07, 6.45) is 3.95. The maximum Gasteiger partial charge on any atom is 0.0821 e. The zero-order valence-corrected chi connectivity index (χ0v) is 11.8. The van der Waals surface area contributed by atoms with Gasteiger partial charge in [0.1, 0.15) is 0 Å². The van der Waals surface area contributed by atoms with E-state index in [-0.39, 0.29) is 0 Å². The number of nitrogens with zero attached hydrogens (tertiary/aromatic N) is 1. The molecule has 0 unspecified atom stereocenters. The van der Waals surface area contributed by atoms with Gasteiger partial charge in [0.25, 0.3) is 0 Å². The first kappa shape index (κ1) is 13.5. The van der Waals surface area contributed by atoms with Gasteiger partial charge in [0.05, 0.1) is 17.0 Å². The van der Waals surface area contributed by atoms with Crippen LogP contribution in [0.4, 0.5) is 11.4 Å². The van der Waals surface area contributed by atoms with Crippen molar-refractivity contribution in [2.45, 2.75) is 38.2 Å². The molecule has 0 radical (unpaired) electrons. The van der Waals surface area contributed by atoms with Gasteiger partial charge >= 0.3 is 0 Å². The van der Waals surface area contributed by atoms with Gasteiger partial charge in [-0.3, -0.25) is 0 Å². The van der Waals surface area contributed by atoms with Gasteiger partial charge in [-0.05, 0) is 37.5 Å². The molecule has 2 rings (SSSR count). The molecule has 3 N–H and O–H groups in total. The molecule has 4 heteroatoms. The lowest BCUT2D eigenvalue weighted by molar-refractivity contribution is 0.0559. The second-order valence-electron chi connectivity index (χ2n) is 5.40. The molecule has 0 saturated heterocycles. The number of rotatable bonds is 3. The molecule has 1 fully saturated rings. The second-order valence-corrected chi connectivity index (χ2v) is 5.80. The van der Waals surface area contributed by atoms with Crippen LogP contribution >= 0.6 is 11.6 Å². The number of aliphatic hydroxyl groups is 1. The SMILES string of the molecule is Cc1c(Cl)ccc(N)c1N(C)CC1(O)CCCC1. The first-order valence-electron chi connectivity index (χ1n) is 6.41. The van der Waals surface area contributed by atoms with Crippen molar-refractivity contribution in [1.82, 2.24) is 0 Å². The van der Waals surface area contributed by atoms with E-state index in [1.165, 1.54) is 0 Å². The number of halogens is 1. The van der Waals surface area contributed by atoms with E-state index in [4.69, 9.17) is 17.3 Å². The highest BCUT2D eigenvalue weighted by atomic mass is 35.5. The third-order valence-corrected chi connectivity index (χ3v) is 4.25. The van der Waals surface area contributed by atoms with Crippen molar-refractivity contribution >= 4 is 23.0 Å². The van der Waals surface area contributed by atoms with E-state index in [9.17, 15) is 5.11 Å². The third kappa shape index (κ3) is 2.57. The summed E-state index contributed by atoms with van der Waals surface area (Å²) in [6, 6.07) is 3.63. The number of nitrogen functional groups attached to an aromatic ring is 1. The molecule has 1 aromatic carbocycles. The maximum atomic E-state index is 10.5. The molecular formula is C14H21ClN2O. The molecule has 0 bridgehead atoms. The lowest BCUT2D eigenvalue weighted by atomic mass is 10.0. The van der Waals surface area contributed by atoms with Gasteiger partial charge in [0.15, 0.2) is 0 Å². The first-order chi connectivity index (χ1) is 8.43. The van der Waals surface area contributed by atoms with E-state index in [1.807, 2.05) is 31.0 Å². The van der Waals surface area contributed by atoms with Crippen molar-refractivity contribution in [3.8, 4) is 0 Å². The van der Waals surface area contributed by atoms with Gasteiger partial charge in [0, 0.05) is 18.6 Å². The van der Waals surface area contributed by atoms with E-state index >= 15 is 0 Å². The van der Waals surface area contributed by atoms with Crippen LogP contribution in [0.2, 0.25) is 5.02 Å². The fourth-order valence-electron chi connectivity index (χ4n) is 2.91. The number of benzene rings is 1. The Hall–Kier alpha value is -0.930. The minimum absolute atomic E-state index is 0.573. The number of hydrogen-bond donors (Lipinski definition) is 2. The molecule has 0 heterocycles. The topological polar surface area (TPSA) is 49.5 Å². The van der Waals surface area contributed by atoms with Crippen LogP contribution in [0.25, 0.3) is 0 Å². The summed E-state index contributed by atoms with van der Waals surface area (Å²) in [5.41, 5.74) is 8.07. The molecule has 100 valence electrons. The molecule has 3 nitrogen and oxygen atoms in total. The fraction of sp³-hybridized carbons (Fsp3) is 0.571. The van der Waals surface area contributed by atoms with E-state index in [2.05, 4.69) is 0 Å². The standard InChI is InChI=1S/C14H21ClN2O/c1-10-11(15)5-6-12(16)13(10)17(2)9-14(18)7-3-4-8-14/h5-6,18H,3-4,7-9,16H2,1-2H3. The van der Waals surface area contributed by atoms with Crippen LogP contribution in [0.5, 0.6) is 0 Å². The second kappa shape index (κ2) is 4.98. The van der Waals surface area contributed by atoms with E-state index in [0.29, 0.717) is 17.3 Å². The Balaban J connectivity index is 2.23. The minimum atomic E-state index is -0.573. The molecular weight excluding hydrogens is 248 g/mol. The minimum Gasteiger partial charge on any atom is -0.397 e. The molecule has 0 atom stereocenters. The first-order valence-corrected chi connectivity index (χ1v) is 6.79. The molecule has 0 amide bonds. The highest BCUT2D eigenvalue weighted by Crippen LogP contribution is 2.35. The number of hydrogen-bond acceptors (Lipinski definition) is 3. The van der Waals surface area contributed by atoms with Crippen molar-refractivity contribution in [1.29, 1.82) is 0 Å². The van der Waals surface area contributed by atoms with Crippen LogP contribution in [0.15, 0.2) is 12.1 Å². The molecule has 0 aromatic heterocycles. The average Bonchev–Trinajstić information content (AvgIpc) is 2.71. The molecule has 1 aromatic rings. The van der Waals surface area contributed by atoms with Crippen molar-refractivity contribution in [3.05, 3.63) is 22.7 Å². The maximum absolute atomic E-state index is 10.5. The molecule has 1 aliphatic rings. The lowest BCUT2D eigenvalue weighted by Crippen LogP contribution is -2.39. The van der Waals surface area contributed by atoms with Gasteiger partial charge in [-0.25, -0.2) is 0 Å². The average molecular weight is 269 g/mol. The van der Waals surface area contributed by atoms with Crippen LogP contribution < -0.4 is 10.6 Å². The van der Waals surface area contributed by atoms with Crippen molar-refractivity contribution in [2.75, 3.05) is 24.2 Å². The number of likely N-dealkylation sites (N-methyl/N-ethyl adjacent to an activating group) is 1. The van der Waals surface area contributed by atoms with Gasteiger partial charge < -0.3 is 15.7 Å². The lowest BCUT2D eigenvalue weighted by Gasteiger charge is -2.31. The van der Waals surface area contributed by atoms with Crippen LogP contribution in [0.3, 0.4) is 0 Å². The fourth-order valence-corrected chi connectivity index (χ4v) is 3.07. The quantitative estimate of drug-likeness (QED) is 0.829. The Morgan fingerprint density at radius 1 is 1.39 bits per heavy atom. The third-order valence-electron chi connectivity index (χ3n) is 3.84. The van der Waals surface area contributed by atoms with E-state index in [1.54, 1.807) is 0 Å². The monoisotopic (exact) mass is 268 g/mol. The van der Waals surface area contributed by atoms with Crippen molar-refractivity contribution < 1.29 is 5.11 Å². The molecule has 0 spiro atoms. The van der Waals surface area contributed by atoms with Crippen molar-refractivity contribution in [2.24, 2.45) is 0 Å². The summed E-state index contributed by atoms with van der Waals surface area (Å²) in [6.45, 7) is 2.57. The molecule has 1 saturated carbocycles. The molecule has 1 aliphatic carbocycles. The van der Waals surface area contributed by atoms with Crippen LogP contribution in [0.1, 0.15) is 31.2 Å². The smallest absolute Gasteiger partial charge is 0.0821 e. The Morgan fingerprint density at radius 2 is 2.00 bits per heavy atom. The summed E-state index contributed by atoms with van der Waals surface area (Å²) < 4.78 is 0. The van der Waals surface area contributed by atoms with Gasteiger partial charge in [-0.15, -0.1) is 0 Å². The Morgan fingerprint density at radius 3 is 2.61 bits per heavy atom. The highest BCUT2D eigenvalue weighted by Gasteiger charge is 2.33. The predicted molar refractivity (Wildman–Crippen MR) is 77.3 cm³/mol. The molecule has 18 heavy (non-hydrogen) atoms. The Bertz CT molecular complexity index is 442. The predicted octanol–water partition coefficient (Wildman–Crippen LogP) is 2.97. The van der Waals surface area contributed by atoms with Crippen LogP contribution in [-0.2, 0) is 0 Å². The number of anilines is 2. The zero-order chi connectivity index (χ0) is 13.3. The largest absolute Gasteiger partial charge is 0.397 e. The normalized spacial score (nSPS) is 18.0. The molecule has 0 aliphatic heterocycles. The summed E-state index contributed by atoms with van der Waals surface area (Å²) in [7, 11) is 1.96. The van der Waals surface area contributed by atoms with Gasteiger partial charge in [-0.1, -0.05) is 24.4 Å². The zero-order valence-electron chi connectivity index (χ0n) is 11.0. The van der Waals surface area contributed by atoms with Crippen LogP contribution in [-0.4, -0.2) is 24.3 Å². The summed E-state index contributed by atoms with van der Waals surface area (Å²) >= 11 is 6.14. The summed E-state index contributed by atoms with van der Waals surface area (Å²) in [5, 5.41) is 11.2. The summed E-state index contributed by atoms with van der Waals surface area (Å²) in [5.74, 6) is 0. The van der Waals surface area contributed by atoms with Gasteiger partial charge in [-0.2, -0.15) is 0 Å². The van der Waals surface area contributed by atoms with E-state index < -0.39 is 5.60 Å². The highest BCUT2D eigenvalue weighted by molar-refractivity contribution is 6.31. The van der Waals surface area contributed by atoms with Crippen LogP contribution in [0, 0.1) is 6.92 Å². The van der Waals surface area contributed by atoms with E-state index in [0.717, 1.165) is 36.9 Å². The Kier molecular flexibility index (Phi) is 3.74. The van der Waals surface area contributed by atoms with Gasteiger partial charge in [0.2, 0.25) is 0 Å².